The molecule has 0 heterocycles. The van der Waals surface area contributed by atoms with Crippen LogP contribution in [0.15, 0.2) is 24.3 Å². The number of carbonyl (C=O) groups is 3. The van der Waals surface area contributed by atoms with E-state index in [-0.39, 0.29) is 17.7 Å². The molecule has 0 radical (unpaired) electrons. The van der Waals surface area contributed by atoms with Crippen LogP contribution < -0.4 is 10.6 Å². The zero-order valence-electron chi connectivity index (χ0n) is 20.4. The van der Waals surface area contributed by atoms with Gasteiger partial charge >= 0.3 is 6.09 Å². The van der Waals surface area contributed by atoms with E-state index in [2.05, 4.69) is 23.3 Å². The molecule has 1 aromatic carbocycles. The third kappa shape index (κ3) is 8.73. The standard InChI is InChI=1S/C24H39N3O4S/c1-8-9-13-25-21(28)20(18-12-10-11-17(4)14-18)27(16(2)3)22(29)19(15-32)26-23(30)31-24(5,6)7/h10-12,14,16,19-20,32H,8-9,13,15H2,1-7H3,(H,25,28)(H,26,30). The Kier molecular flexibility index (Phi) is 11.1. The van der Waals surface area contributed by atoms with E-state index in [1.807, 2.05) is 52.0 Å². The maximum atomic E-state index is 13.6. The molecule has 0 aliphatic rings. The summed E-state index contributed by atoms with van der Waals surface area (Å²) in [5.74, 6) is -0.571. The number of carbonyl (C=O) groups excluding carboxylic acids is 3. The normalized spacial score (nSPS) is 13.3. The summed E-state index contributed by atoms with van der Waals surface area (Å²) in [7, 11) is 0. The molecule has 2 unspecified atom stereocenters. The molecular weight excluding hydrogens is 426 g/mol. The monoisotopic (exact) mass is 465 g/mol. The first-order valence-electron chi connectivity index (χ1n) is 11.2. The van der Waals surface area contributed by atoms with E-state index in [0.29, 0.717) is 6.54 Å². The SMILES string of the molecule is CCCCNC(=O)C(c1cccc(C)c1)N(C(=O)C(CS)NC(=O)OC(C)(C)C)C(C)C. The predicted octanol–water partition coefficient (Wildman–Crippen LogP) is 4.01. The first-order chi connectivity index (χ1) is 14.9. The van der Waals surface area contributed by atoms with E-state index in [1.165, 1.54) is 4.90 Å². The fourth-order valence-corrected chi connectivity index (χ4v) is 3.51. The summed E-state index contributed by atoms with van der Waals surface area (Å²) in [5.41, 5.74) is 1.01. The molecule has 1 aromatic rings. The molecule has 2 atom stereocenters. The van der Waals surface area contributed by atoms with E-state index in [0.717, 1.165) is 24.0 Å². The Bertz CT molecular complexity index is 777. The highest BCUT2D eigenvalue weighted by molar-refractivity contribution is 7.80. The van der Waals surface area contributed by atoms with Crippen LogP contribution in [0, 0.1) is 6.92 Å². The van der Waals surface area contributed by atoms with Crippen molar-refractivity contribution < 1.29 is 19.1 Å². The van der Waals surface area contributed by atoms with Crippen molar-refractivity contribution in [2.45, 2.75) is 85.0 Å². The van der Waals surface area contributed by atoms with Crippen LogP contribution in [-0.4, -0.2) is 52.8 Å². The van der Waals surface area contributed by atoms with Crippen molar-refractivity contribution in [2.24, 2.45) is 0 Å². The van der Waals surface area contributed by atoms with Gasteiger partial charge in [0.15, 0.2) is 0 Å². The molecular formula is C24H39N3O4S. The van der Waals surface area contributed by atoms with Gasteiger partial charge in [-0.15, -0.1) is 0 Å². The Morgan fingerprint density at radius 3 is 2.34 bits per heavy atom. The largest absolute Gasteiger partial charge is 0.444 e. The maximum Gasteiger partial charge on any atom is 0.408 e. The molecule has 0 fully saturated rings. The Morgan fingerprint density at radius 2 is 1.84 bits per heavy atom. The number of nitrogens with zero attached hydrogens (tertiary/aromatic N) is 1. The van der Waals surface area contributed by atoms with Crippen LogP contribution in [0.25, 0.3) is 0 Å². The van der Waals surface area contributed by atoms with Crippen LogP contribution in [-0.2, 0) is 14.3 Å². The van der Waals surface area contributed by atoms with E-state index in [4.69, 9.17) is 4.74 Å². The lowest BCUT2D eigenvalue weighted by atomic mass is 9.99. The van der Waals surface area contributed by atoms with Gasteiger partial charge in [0, 0.05) is 18.3 Å². The van der Waals surface area contributed by atoms with Gasteiger partial charge in [-0.25, -0.2) is 4.79 Å². The van der Waals surface area contributed by atoms with Gasteiger partial charge in [-0.2, -0.15) is 12.6 Å². The summed E-state index contributed by atoms with van der Waals surface area (Å²) in [5, 5.41) is 5.56. The fraction of sp³-hybridized carbons (Fsp3) is 0.625. The molecule has 1 rings (SSSR count). The summed E-state index contributed by atoms with van der Waals surface area (Å²) in [6.07, 6.45) is 1.10. The van der Waals surface area contributed by atoms with E-state index in [1.54, 1.807) is 20.8 Å². The van der Waals surface area contributed by atoms with Crippen LogP contribution in [0.1, 0.15) is 71.6 Å². The highest BCUT2D eigenvalue weighted by atomic mass is 32.1. The lowest BCUT2D eigenvalue weighted by Gasteiger charge is -2.37. The summed E-state index contributed by atoms with van der Waals surface area (Å²) < 4.78 is 5.30. The number of thiol groups is 1. The Balaban J connectivity index is 3.29. The molecule has 32 heavy (non-hydrogen) atoms. The quantitative estimate of drug-likeness (QED) is 0.360. The van der Waals surface area contributed by atoms with Crippen molar-refractivity contribution in [2.75, 3.05) is 12.3 Å². The first kappa shape index (κ1) is 27.8. The van der Waals surface area contributed by atoms with Gasteiger partial charge in [0.05, 0.1) is 0 Å². The van der Waals surface area contributed by atoms with Gasteiger partial charge in [-0.3, -0.25) is 9.59 Å². The zero-order chi connectivity index (χ0) is 24.5. The topological polar surface area (TPSA) is 87.7 Å². The number of benzene rings is 1. The highest BCUT2D eigenvalue weighted by Crippen LogP contribution is 2.26. The van der Waals surface area contributed by atoms with E-state index in [9.17, 15) is 14.4 Å². The smallest absolute Gasteiger partial charge is 0.408 e. The number of ether oxygens (including phenoxy) is 1. The third-order valence-corrected chi connectivity index (χ3v) is 5.06. The molecule has 0 saturated heterocycles. The number of unbranched alkanes of at least 4 members (excludes halogenated alkanes) is 1. The summed E-state index contributed by atoms with van der Waals surface area (Å²) >= 11 is 4.28. The highest BCUT2D eigenvalue weighted by Gasteiger charge is 2.37. The van der Waals surface area contributed by atoms with Crippen LogP contribution >= 0.6 is 12.6 Å². The number of alkyl carbamates (subject to hydrolysis) is 1. The van der Waals surface area contributed by atoms with Gasteiger partial charge in [-0.05, 0) is 53.5 Å². The Labute approximate surface area is 198 Å². The molecule has 0 bridgehead atoms. The molecule has 7 nitrogen and oxygen atoms in total. The minimum atomic E-state index is -0.939. The number of amides is 3. The van der Waals surface area contributed by atoms with Crippen molar-refractivity contribution in [1.29, 1.82) is 0 Å². The molecule has 8 heteroatoms. The van der Waals surface area contributed by atoms with Crippen molar-refractivity contribution in [3.05, 3.63) is 35.4 Å². The average molecular weight is 466 g/mol. The van der Waals surface area contributed by atoms with Gasteiger partial charge in [0.2, 0.25) is 11.8 Å². The minimum absolute atomic E-state index is 0.0687. The lowest BCUT2D eigenvalue weighted by Crippen LogP contribution is -2.55. The summed E-state index contributed by atoms with van der Waals surface area (Å²) in [6.45, 7) is 13.5. The van der Waals surface area contributed by atoms with Gasteiger partial charge < -0.3 is 20.3 Å². The summed E-state index contributed by atoms with van der Waals surface area (Å²) in [4.78, 5) is 40.7. The second kappa shape index (κ2) is 12.7. The molecule has 2 N–H and O–H groups in total. The molecule has 0 aliphatic heterocycles. The fourth-order valence-electron chi connectivity index (χ4n) is 3.26. The second-order valence-corrected chi connectivity index (χ2v) is 9.55. The number of hydrogen-bond donors (Lipinski definition) is 3. The van der Waals surface area contributed by atoms with Crippen LogP contribution in [0.4, 0.5) is 4.79 Å². The number of rotatable bonds is 10. The van der Waals surface area contributed by atoms with E-state index < -0.39 is 29.7 Å². The predicted molar refractivity (Wildman–Crippen MR) is 131 cm³/mol. The molecule has 0 saturated carbocycles. The van der Waals surface area contributed by atoms with E-state index >= 15 is 0 Å². The Hall–Kier alpha value is -2.22. The molecule has 3 amide bonds. The molecule has 0 aromatic heterocycles. The minimum Gasteiger partial charge on any atom is -0.444 e. The van der Waals surface area contributed by atoms with Gasteiger partial charge in [-0.1, -0.05) is 43.2 Å². The lowest BCUT2D eigenvalue weighted by molar-refractivity contribution is -0.144. The molecule has 0 aliphatic carbocycles. The Morgan fingerprint density at radius 1 is 1.19 bits per heavy atom. The zero-order valence-corrected chi connectivity index (χ0v) is 21.3. The average Bonchev–Trinajstić information content (AvgIpc) is 2.68. The molecule has 180 valence electrons. The number of nitrogens with one attached hydrogen (secondary N) is 2. The summed E-state index contributed by atoms with van der Waals surface area (Å²) in [6, 6.07) is 5.49. The van der Waals surface area contributed by atoms with Crippen LogP contribution in [0.3, 0.4) is 0 Å². The number of hydrogen-bond acceptors (Lipinski definition) is 5. The van der Waals surface area contributed by atoms with Crippen LogP contribution in [0.5, 0.6) is 0 Å². The van der Waals surface area contributed by atoms with Crippen molar-refractivity contribution in [3.8, 4) is 0 Å². The second-order valence-electron chi connectivity index (χ2n) is 9.18. The van der Waals surface area contributed by atoms with Crippen molar-refractivity contribution in [3.63, 3.8) is 0 Å². The molecule has 0 spiro atoms. The first-order valence-corrected chi connectivity index (χ1v) is 11.8. The van der Waals surface area contributed by atoms with Gasteiger partial charge in [0.25, 0.3) is 0 Å². The third-order valence-electron chi connectivity index (χ3n) is 4.70. The number of aryl methyl sites for hydroxylation is 1. The maximum absolute atomic E-state index is 13.6. The van der Waals surface area contributed by atoms with Crippen molar-refractivity contribution in [1.82, 2.24) is 15.5 Å². The van der Waals surface area contributed by atoms with Gasteiger partial charge in [0.1, 0.15) is 17.7 Å². The van der Waals surface area contributed by atoms with Crippen LogP contribution in [0.2, 0.25) is 0 Å². The van der Waals surface area contributed by atoms with Crippen molar-refractivity contribution >= 4 is 30.5 Å².